The summed E-state index contributed by atoms with van der Waals surface area (Å²) in [5.74, 6) is -0.113. The number of halogens is 1. The quantitative estimate of drug-likeness (QED) is 0.847. The molecule has 1 N–H and O–H groups in total. The predicted octanol–water partition coefficient (Wildman–Crippen LogP) is 4.85. The normalized spacial score (nSPS) is 14.4. The maximum atomic E-state index is 14.2. The van der Waals surface area contributed by atoms with Gasteiger partial charge in [0, 0.05) is 27.9 Å². The third-order valence-electron chi connectivity index (χ3n) is 3.78. The lowest BCUT2D eigenvalue weighted by molar-refractivity contribution is 0.579. The summed E-state index contributed by atoms with van der Waals surface area (Å²) in [6.07, 6.45) is 2.43. The van der Waals surface area contributed by atoms with Gasteiger partial charge in [-0.05, 0) is 56.0 Å². The molecule has 0 spiro atoms. The second-order valence-electron chi connectivity index (χ2n) is 5.74. The van der Waals surface area contributed by atoms with Crippen molar-refractivity contribution in [3.8, 4) is 0 Å². The molecule has 1 saturated carbocycles. The van der Waals surface area contributed by atoms with Crippen molar-refractivity contribution in [3.63, 3.8) is 0 Å². The number of hydrogen-bond donors (Lipinski definition) is 1. The van der Waals surface area contributed by atoms with Crippen LogP contribution in [0.1, 0.15) is 29.5 Å². The van der Waals surface area contributed by atoms with E-state index < -0.39 is 0 Å². The van der Waals surface area contributed by atoms with Crippen LogP contribution in [-0.2, 0) is 6.54 Å². The van der Waals surface area contributed by atoms with E-state index in [1.807, 2.05) is 6.07 Å². The second-order valence-corrected chi connectivity index (χ2v) is 6.83. The maximum absolute atomic E-state index is 14.2. The Bertz CT molecular complexity index is 650. The van der Waals surface area contributed by atoms with Crippen LogP contribution in [0.3, 0.4) is 0 Å². The molecule has 1 aliphatic carbocycles. The van der Waals surface area contributed by atoms with Gasteiger partial charge in [-0.2, -0.15) is 0 Å². The van der Waals surface area contributed by atoms with Gasteiger partial charge in [-0.3, -0.25) is 0 Å². The molecule has 2 aromatic carbocycles. The largest absolute Gasteiger partial charge is 0.310 e. The average Bonchev–Trinajstić information content (AvgIpc) is 3.26. The molecule has 0 amide bonds. The summed E-state index contributed by atoms with van der Waals surface area (Å²) in [5.41, 5.74) is 3.25. The Kier molecular flexibility index (Phi) is 4.32. The van der Waals surface area contributed by atoms with Crippen LogP contribution in [0, 0.1) is 19.7 Å². The van der Waals surface area contributed by atoms with Crippen molar-refractivity contribution in [2.24, 2.45) is 0 Å². The van der Waals surface area contributed by atoms with Crippen molar-refractivity contribution in [2.45, 2.75) is 49.1 Å². The summed E-state index contributed by atoms with van der Waals surface area (Å²) < 4.78 is 14.2. The van der Waals surface area contributed by atoms with E-state index >= 15 is 0 Å². The number of aryl methyl sites for hydroxylation is 2. The van der Waals surface area contributed by atoms with Crippen LogP contribution in [0.2, 0.25) is 0 Å². The van der Waals surface area contributed by atoms with Crippen LogP contribution in [0.5, 0.6) is 0 Å². The minimum Gasteiger partial charge on any atom is -0.310 e. The minimum absolute atomic E-state index is 0.113. The number of hydrogen-bond acceptors (Lipinski definition) is 2. The molecule has 0 heterocycles. The van der Waals surface area contributed by atoms with E-state index in [0.717, 1.165) is 10.5 Å². The highest BCUT2D eigenvalue weighted by Gasteiger charge is 2.21. The molecule has 1 nitrogen and oxygen atoms in total. The maximum Gasteiger partial charge on any atom is 0.128 e. The third kappa shape index (κ3) is 3.66. The molecule has 3 rings (SSSR count). The van der Waals surface area contributed by atoms with E-state index in [1.54, 1.807) is 23.9 Å². The number of nitrogens with one attached hydrogen (secondary N) is 1. The van der Waals surface area contributed by atoms with Gasteiger partial charge in [-0.1, -0.05) is 30.0 Å². The van der Waals surface area contributed by atoms with E-state index in [0.29, 0.717) is 12.6 Å². The summed E-state index contributed by atoms with van der Waals surface area (Å²) in [6.45, 7) is 4.80. The van der Waals surface area contributed by atoms with Gasteiger partial charge in [0.05, 0.1) is 0 Å². The number of rotatable bonds is 5. The van der Waals surface area contributed by atoms with Gasteiger partial charge >= 0.3 is 0 Å². The first kappa shape index (κ1) is 14.6. The van der Waals surface area contributed by atoms with Crippen molar-refractivity contribution in [1.82, 2.24) is 5.32 Å². The molecular weight excluding hydrogens is 281 g/mol. The summed E-state index contributed by atoms with van der Waals surface area (Å²) in [5, 5.41) is 3.41. The first-order chi connectivity index (χ1) is 10.1. The fraction of sp³-hybridized carbons (Fsp3) is 0.333. The lowest BCUT2D eigenvalue weighted by atomic mass is 10.2. The molecule has 1 fully saturated rings. The molecule has 2 aromatic rings. The van der Waals surface area contributed by atoms with Crippen LogP contribution >= 0.6 is 11.8 Å². The zero-order valence-electron chi connectivity index (χ0n) is 12.4. The van der Waals surface area contributed by atoms with Gasteiger partial charge in [0.25, 0.3) is 0 Å². The number of benzene rings is 2. The third-order valence-corrected chi connectivity index (χ3v) is 5.05. The molecule has 0 saturated heterocycles. The van der Waals surface area contributed by atoms with E-state index in [9.17, 15) is 4.39 Å². The van der Waals surface area contributed by atoms with Gasteiger partial charge in [-0.15, -0.1) is 0 Å². The Balaban J connectivity index is 1.86. The molecule has 0 atom stereocenters. The zero-order chi connectivity index (χ0) is 14.8. The van der Waals surface area contributed by atoms with Crippen molar-refractivity contribution in [3.05, 3.63) is 58.9 Å². The summed E-state index contributed by atoms with van der Waals surface area (Å²) in [6, 6.07) is 12.4. The highest BCUT2D eigenvalue weighted by molar-refractivity contribution is 7.99. The van der Waals surface area contributed by atoms with Gasteiger partial charge in [-0.25, -0.2) is 4.39 Å². The smallest absolute Gasteiger partial charge is 0.128 e. The van der Waals surface area contributed by atoms with Crippen LogP contribution in [0.4, 0.5) is 4.39 Å². The molecule has 21 heavy (non-hydrogen) atoms. The highest BCUT2D eigenvalue weighted by Crippen LogP contribution is 2.34. The van der Waals surface area contributed by atoms with Crippen LogP contribution in [0.25, 0.3) is 0 Å². The van der Waals surface area contributed by atoms with Gasteiger partial charge in [0.2, 0.25) is 0 Å². The first-order valence-electron chi connectivity index (χ1n) is 7.39. The van der Waals surface area contributed by atoms with Gasteiger partial charge in [0.1, 0.15) is 5.82 Å². The van der Waals surface area contributed by atoms with E-state index in [4.69, 9.17) is 0 Å². The summed E-state index contributed by atoms with van der Waals surface area (Å²) in [4.78, 5) is 2.21. The zero-order valence-corrected chi connectivity index (χ0v) is 13.3. The highest BCUT2D eigenvalue weighted by atomic mass is 32.2. The first-order valence-corrected chi connectivity index (χ1v) is 8.21. The van der Waals surface area contributed by atoms with Crippen LogP contribution in [0.15, 0.2) is 46.2 Å². The Hall–Kier alpha value is -1.32. The fourth-order valence-corrected chi connectivity index (χ4v) is 3.43. The monoisotopic (exact) mass is 301 g/mol. The van der Waals surface area contributed by atoms with Crippen LogP contribution < -0.4 is 5.32 Å². The Morgan fingerprint density at radius 3 is 2.71 bits per heavy atom. The minimum atomic E-state index is -0.113. The standard InChI is InChI=1S/C18H20FNS/c1-12-6-7-13(2)18(10-12)21-17-5-3-4-16(19)15(17)11-20-14-8-9-14/h3-7,10,14,20H,8-9,11H2,1-2H3. The van der Waals surface area contributed by atoms with Crippen molar-refractivity contribution >= 4 is 11.8 Å². The van der Waals surface area contributed by atoms with E-state index in [1.165, 1.54) is 28.9 Å². The lowest BCUT2D eigenvalue weighted by Crippen LogP contribution is -2.16. The molecule has 0 aromatic heterocycles. The second kappa shape index (κ2) is 6.20. The molecule has 3 heteroatoms. The average molecular weight is 301 g/mol. The van der Waals surface area contributed by atoms with E-state index in [2.05, 4.69) is 37.4 Å². The summed E-state index contributed by atoms with van der Waals surface area (Å²) in [7, 11) is 0. The molecule has 0 bridgehead atoms. The molecule has 0 radical (unpaired) electrons. The van der Waals surface area contributed by atoms with Crippen molar-refractivity contribution < 1.29 is 4.39 Å². The topological polar surface area (TPSA) is 12.0 Å². The lowest BCUT2D eigenvalue weighted by Gasteiger charge is -2.13. The Labute approximate surface area is 130 Å². The Morgan fingerprint density at radius 1 is 1.14 bits per heavy atom. The van der Waals surface area contributed by atoms with Crippen LogP contribution in [-0.4, -0.2) is 6.04 Å². The van der Waals surface area contributed by atoms with Crippen molar-refractivity contribution in [1.29, 1.82) is 0 Å². The molecular formula is C18H20FNS. The molecule has 1 aliphatic rings. The van der Waals surface area contributed by atoms with Gasteiger partial charge < -0.3 is 5.32 Å². The van der Waals surface area contributed by atoms with Gasteiger partial charge in [0.15, 0.2) is 0 Å². The van der Waals surface area contributed by atoms with Crippen molar-refractivity contribution in [2.75, 3.05) is 0 Å². The van der Waals surface area contributed by atoms with E-state index in [-0.39, 0.29) is 5.82 Å². The Morgan fingerprint density at radius 2 is 1.95 bits per heavy atom. The molecule has 0 unspecified atom stereocenters. The molecule has 0 aliphatic heterocycles. The predicted molar refractivity (Wildman–Crippen MR) is 86.3 cm³/mol. The molecule has 110 valence electrons. The summed E-state index contributed by atoms with van der Waals surface area (Å²) >= 11 is 1.66. The fourth-order valence-electron chi connectivity index (χ4n) is 2.28. The SMILES string of the molecule is Cc1ccc(C)c(Sc2cccc(F)c2CNC2CC2)c1.